The Morgan fingerprint density at radius 1 is 1.08 bits per heavy atom. The maximum Gasteiger partial charge on any atom is 0.258 e. The number of hydrogen-bond acceptors (Lipinski definition) is 4. The highest BCUT2D eigenvalue weighted by atomic mass is 16.2. The van der Waals surface area contributed by atoms with Gasteiger partial charge in [-0.15, -0.1) is 0 Å². The summed E-state index contributed by atoms with van der Waals surface area (Å²) < 4.78 is 0. The quantitative estimate of drug-likeness (QED) is 0.715. The number of rotatable bonds is 3. The molecule has 1 aromatic heterocycles. The smallest absolute Gasteiger partial charge is 0.258 e. The van der Waals surface area contributed by atoms with Gasteiger partial charge in [0.1, 0.15) is 0 Å². The van der Waals surface area contributed by atoms with E-state index in [0.29, 0.717) is 12.2 Å². The minimum Gasteiger partial charge on any atom is -0.399 e. The average molecular weight is 330 g/mol. The average Bonchev–Trinajstić information content (AvgIpc) is 2.91. The number of carbonyl (C=O) groups is 1. The Kier molecular flexibility index (Phi) is 3.61. The van der Waals surface area contributed by atoms with Crippen molar-refractivity contribution < 1.29 is 4.79 Å². The molecule has 2 aromatic carbocycles. The monoisotopic (exact) mass is 330 g/mol. The van der Waals surface area contributed by atoms with Crippen LogP contribution in [0.15, 0.2) is 60.8 Å². The highest BCUT2D eigenvalue weighted by Gasteiger charge is 2.28. The first-order chi connectivity index (χ1) is 12.1. The minimum absolute atomic E-state index is 0.00639. The molecule has 0 saturated heterocycles. The molecule has 0 atom stereocenters. The summed E-state index contributed by atoms with van der Waals surface area (Å²) in [6, 6.07) is 17.2. The highest BCUT2D eigenvalue weighted by molar-refractivity contribution is 6.10. The Morgan fingerprint density at radius 2 is 1.92 bits per heavy atom. The van der Waals surface area contributed by atoms with Crippen molar-refractivity contribution in [2.75, 3.05) is 16.0 Å². The zero-order valence-corrected chi connectivity index (χ0v) is 13.9. The normalized spacial score (nSPS) is 13.0. The molecule has 0 fully saturated rings. The second-order valence-electron chi connectivity index (χ2n) is 6.17. The van der Waals surface area contributed by atoms with Crippen LogP contribution in [0.5, 0.6) is 0 Å². The standard InChI is InChI=1S/C20H18N4O/c1-13-9-17(7-8-22-13)23-16-3-2-4-18(11-16)24-12-14-10-15(21)5-6-19(14)20(24)25/h2-11H,12,21H2,1H3,(H,22,23). The second-order valence-corrected chi connectivity index (χ2v) is 6.17. The molecule has 0 saturated carbocycles. The van der Waals surface area contributed by atoms with Crippen LogP contribution in [0.1, 0.15) is 21.6 Å². The van der Waals surface area contributed by atoms with Crippen molar-refractivity contribution in [2.45, 2.75) is 13.5 Å². The van der Waals surface area contributed by atoms with E-state index >= 15 is 0 Å². The largest absolute Gasteiger partial charge is 0.399 e. The number of anilines is 4. The van der Waals surface area contributed by atoms with Crippen LogP contribution in [0.4, 0.5) is 22.7 Å². The van der Waals surface area contributed by atoms with Gasteiger partial charge in [-0.1, -0.05) is 6.07 Å². The molecule has 0 aliphatic carbocycles. The van der Waals surface area contributed by atoms with Gasteiger partial charge in [-0.25, -0.2) is 0 Å². The third-order valence-corrected chi connectivity index (χ3v) is 4.28. The van der Waals surface area contributed by atoms with Gasteiger partial charge in [-0.2, -0.15) is 0 Å². The topological polar surface area (TPSA) is 71.2 Å². The lowest BCUT2D eigenvalue weighted by Crippen LogP contribution is -2.22. The molecule has 124 valence electrons. The molecule has 1 aliphatic heterocycles. The molecule has 4 rings (SSSR count). The molecule has 3 aromatic rings. The van der Waals surface area contributed by atoms with Gasteiger partial charge in [0.15, 0.2) is 0 Å². The first-order valence-corrected chi connectivity index (χ1v) is 8.10. The maximum absolute atomic E-state index is 12.7. The van der Waals surface area contributed by atoms with E-state index in [4.69, 9.17) is 5.73 Å². The minimum atomic E-state index is 0.00639. The number of nitrogens with zero attached hydrogens (tertiary/aromatic N) is 2. The van der Waals surface area contributed by atoms with E-state index in [1.807, 2.05) is 49.4 Å². The van der Waals surface area contributed by atoms with Crippen LogP contribution >= 0.6 is 0 Å². The molecule has 0 unspecified atom stereocenters. The molecule has 0 radical (unpaired) electrons. The molecule has 5 nitrogen and oxygen atoms in total. The zero-order valence-electron chi connectivity index (χ0n) is 13.9. The van der Waals surface area contributed by atoms with Gasteiger partial charge in [-0.3, -0.25) is 9.78 Å². The van der Waals surface area contributed by atoms with Gasteiger partial charge >= 0.3 is 0 Å². The zero-order chi connectivity index (χ0) is 17.4. The number of aromatic nitrogens is 1. The van der Waals surface area contributed by atoms with Gasteiger partial charge in [0.2, 0.25) is 0 Å². The SMILES string of the molecule is Cc1cc(Nc2cccc(N3Cc4cc(N)ccc4C3=O)c2)ccn1. The summed E-state index contributed by atoms with van der Waals surface area (Å²) in [7, 11) is 0. The number of nitrogens with two attached hydrogens (primary N) is 1. The second kappa shape index (κ2) is 5.94. The molecule has 0 spiro atoms. The number of aryl methyl sites for hydroxylation is 1. The number of carbonyl (C=O) groups excluding carboxylic acids is 1. The van der Waals surface area contributed by atoms with Crippen molar-refractivity contribution in [3.05, 3.63) is 77.6 Å². The Labute approximate surface area is 146 Å². The predicted molar refractivity (Wildman–Crippen MR) is 100 cm³/mol. The number of benzene rings is 2. The van der Waals surface area contributed by atoms with Crippen LogP contribution < -0.4 is 16.0 Å². The van der Waals surface area contributed by atoms with Gasteiger partial charge < -0.3 is 16.0 Å². The molecule has 5 heteroatoms. The van der Waals surface area contributed by atoms with Crippen LogP contribution in [-0.4, -0.2) is 10.9 Å². The van der Waals surface area contributed by atoms with E-state index < -0.39 is 0 Å². The van der Waals surface area contributed by atoms with Crippen LogP contribution in [-0.2, 0) is 6.54 Å². The van der Waals surface area contributed by atoms with Gasteiger partial charge in [-0.05, 0) is 61.0 Å². The van der Waals surface area contributed by atoms with Crippen molar-refractivity contribution in [2.24, 2.45) is 0 Å². The summed E-state index contributed by atoms with van der Waals surface area (Å²) in [6.07, 6.45) is 1.77. The summed E-state index contributed by atoms with van der Waals surface area (Å²) in [5.41, 5.74) is 11.9. The maximum atomic E-state index is 12.7. The van der Waals surface area contributed by atoms with E-state index in [1.165, 1.54) is 0 Å². The number of hydrogen-bond donors (Lipinski definition) is 2. The number of nitrogens with one attached hydrogen (secondary N) is 1. The van der Waals surface area contributed by atoms with Crippen LogP contribution in [0.3, 0.4) is 0 Å². The Bertz CT molecular complexity index is 967. The van der Waals surface area contributed by atoms with Crippen LogP contribution in [0.2, 0.25) is 0 Å². The fourth-order valence-electron chi connectivity index (χ4n) is 3.09. The fraction of sp³-hybridized carbons (Fsp3) is 0.100. The van der Waals surface area contributed by atoms with E-state index in [9.17, 15) is 4.79 Å². The Morgan fingerprint density at radius 3 is 2.76 bits per heavy atom. The molecule has 25 heavy (non-hydrogen) atoms. The first-order valence-electron chi connectivity index (χ1n) is 8.10. The van der Waals surface area contributed by atoms with Gasteiger partial charge in [0.25, 0.3) is 5.91 Å². The van der Waals surface area contributed by atoms with Gasteiger partial charge in [0, 0.05) is 40.2 Å². The van der Waals surface area contributed by atoms with Crippen LogP contribution in [0, 0.1) is 6.92 Å². The Hall–Kier alpha value is -3.34. The fourth-order valence-corrected chi connectivity index (χ4v) is 3.09. The van der Waals surface area contributed by atoms with E-state index in [2.05, 4.69) is 10.3 Å². The lowest BCUT2D eigenvalue weighted by molar-refractivity contribution is 0.0996. The summed E-state index contributed by atoms with van der Waals surface area (Å²) in [5.74, 6) is 0.00639. The third-order valence-electron chi connectivity index (χ3n) is 4.28. The lowest BCUT2D eigenvalue weighted by atomic mass is 10.1. The summed E-state index contributed by atoms with van der Waals surface area (Å²) >= 11 is 0. The van der Waals surface area contributed by atoms with E-state index in [0.717, 1.165) is 33.9 Å². The Balaban J connectivity index is 1.61. The molecule has 3 N–H and O–H groups in total. The summed E-state index contributed by atoms with van der Waals surface area (Å²) in [4.78, 5) is 18.6. The van der Waals surface area contributed by atoms with Crippen molar-refractivity contribution in [1.29, 1.82) is 0 Å². The molecular formula is C20H18N4O. The van der Waals surface area contributed by atoms with E-state index in [-0.39, 0.29) is 5.91 Å². The molecule has 1 amide bonds. The van der Waals surface area contributed by atoms with E-state index in [1.54, 1.807) is 23.2 Å². The van der Waals surface area contributed by atoms with Gasteiger partial charge in [0.05, 0.1) is 6.54 Å². The predicted octanol–water partition coefficient (Wildman–Crippen LogP) is 3.88. The molecular weight excluding hydrogens is 312 g/mol. The molecule has 1 aliphatic rings. The number of fused-ring (bicyclic) bond motifs is 1. The highest BCUT2D eigenvalue weighted by Crippen LogP contribution is 2.31. The van der Waals surface area contributed by atoms with Crippen molar-refractivity contribution >= 4 is 28.7 Å². The van der Waals surface area contributed by atoms with Crippen molar-refractivity contribution in [3.63, 3.8) is 0 Å². The lowest BCUT2D eigenvalue weighted by Gasteiger charge is -2.17. The summed E-state index contributed by atoms with van der Waals surface area (Å²) in [5, 5.41) is 3.36. The number of nitrogen functional groups attached to an aromatic ring is 1. The number of amides is 1. The van der Waals surface area contributed by atoms with Crippen molar-refractivity contribution in [3.8, 4) is 0 Å². The van der Waals surface area contributed by atoms with Crippen LogP contribution in [0.25, 0.3) is 0 Å². The molecule has 2 heterocycles. The number of pyridine rings is 1. The first kappa shape index (κ1) is 15.2. The third kappa shape index (κ3) is 2.92. The summed E-state index contributed by atoms with van der Waals surface area (Å²) in [6.45, 7) is 2.49. The van der Waals surface area contributed by atoms with Crippen molar-refractivity contribution in [1.82, 2.24) is 4.98 Å². The molecule has 0 bridgehead atoms.